The van der Waals surface area contributed by atoms with Crippen molar-refractivity contribution in [3.63, 3.8) is 0 Å². The lowest BCUT2D eigenvalue weighted by Crippen LogP contribution is -2.22. The van der Waals surface area contributed by atoms with Crippen LogP contribution in [0.5, 0.6) is 0 Å². The smallest absolute Gasteiger partial charge is 0.237 e. The molecule has 0 spiro atoms. The number of nitrogens with zero attached hydrogens (tertiary/aromatic N) is 7. The van der Waals surface area contributed by atoms with E-state index in [4.69, 9.17) is 14.7 Å². The second-order valence-corrected chi connectivity index (χ2v) is 8.67. The van der Waals surface area contributed by atoms with Gasteiger partial charge in [0.25, 0.3) is 0 Å². The number of imidazole rings is 2. The van der Waals surface area contributed by atoms with E-state index in [1.807, 2.05) is 12.4 Å². The van der Waals surface area contributed by atoms with E-state index >= 15 is 0 Å². The Morgan fingerprint density at radius 3 is 2.82 bits per heavy atom. The fourth-order valence-electron chi connectivity index (χ4n) is 4.72. The Hall–Kier alpha value is -3.46. The van der Waals surface area contributed by atoms with Crippen LogP contribution in [0, 0.1) is 11.7 Å². The van der Waals surface area contributed by atoms with Crippen molar-refractivity contribution in [2.45, 2.75) is 38.6 Å². The zero-order chi connectivity index (χ0) is 22.4. The van der Waals surface area contributed by atoms with E-state index < -0.39 is 0 Å². The Bertz CT molecular complexity index is 1400. The summed E-state index contributed by atoms with van der Waals surface area (Å²) in [5, 5.41) is 0. The van der Waals surface area contributed by atoms with E-state index in [1.165, 1.54) is 12.1 Å². The average molecular weight is 446 g/mol. The molecular formula is C24H24FN7O. The third kappa shape index (κ3) is 3.52. The van der Waals surface area contributed by atoms with Crippen LogP contribution in [0.2, 0.25) is 0 Å². The van der Waals surface area contributed by atoms with Crippen molar-refractivity contribution in [3.8, 4) is 5.95 Å². The molecule has 8 nitrogen and oxygen atoms in total. The molecule has 1 unspecified atom stereocenters. The fraction of sp³-hybridized carbons (Fsp3) is 0.375. The standard InChI is InChI=1S/C24H24FN7O/c1-15-3-2-8-26-12-18(15)22-29-20-13-27-24(30-23(20)32(22)17-6-9-33-10-7-17)31-14-28-19-5-4-16(25)11-21(19)31/h4-5,8,11-15,17H,2-3,6-7,9-10H2,1H3. The molecule has 4 aromatic rings. The molecule has 0 aliphatic carbocycles. The number of fused-ring (bicyclic) bond motifs is 2. The Kier molecular flexibility index (Phi) is 4.98. The first-order valence-corrected chi connectivity index (χ1v) is 11.4. The van der Waals surface area contributed by atoms with Crippen molar-refractivity contribution in [1.29, 1.82) is 0 Å². The number of ether oxygens (including phenoxy) is 1. The molecule has 2 aliphatic heterocycles. The summed E-state index contributed by atoms with van der Waals surface area (Å²) in [4.78, 5) is 23.3. The second-order valence-electron chi connectivity index (χ2n) is 8.67. The molecule has 0 amide bonds. The van der Waals surface area contributed by atoms with Gasteiger partial charge in [0.1, 0.15) is 23.5 Å². The first kappa shape index (κ1) is 20.2. The number of hydrogen-bond acceptors (Lipinski definition) is 6. The van der Waals surface area contributed by atoms with Gasteiger partial charge in [0.05, 0.1) is 17.2 Å². The largest absolute Gasteiger partial charge is 0.381 e. The summed E-state index contributed by atoms with van der Waals surface area (Å²) in [5.74, 6) is 1.35. The van der Waals surface area contributed by atoms with Crippen molar-refractivity contribution >= 4 is 34.0 Å². The number of aromatic nitrogens is 6. The first-order chi connectivity index (χ1) is 16.2. The monoisotopic (exact) mass is 445 g/mol. The van der Waals surface area contributed by atoms with Crippen molar-refractivity contribution < 1.29 is 9.13 Å². The highest BCUT2D eigenvalue weighted by Gasteiger charge is 2.27. The zero-order valence-electron chi connectivity index (χ0n) is 18.4. The number of rotatable bonds is 3. The molecule has 3 aromatic heterocycles. The lowest BCUT2D eigenvalue weighted by molar-refractivity contribution is 0.0702. The van der Waals surface area contributed by atoms with E-state index in [2.05, 4.69) is 26.5 Å². The lowest BCUT2D eigenvalue weighted by Gasteiger charge is -2.26. The normalized spacial score (nSPS) is 19.8. The maximum absolute atomic E-state index is 13.9. The number of hydrogen-bond donors (Lipinski definition) is 0. The predicted octanol–water partition coefficient (Wildman–Crippen LogP) is 4.50. The van der Waals surface area contributed by atoms with E-state index in [1.54, 1.807) is 23.2 Å². The highest BCUT2D eigenvalue weighted by molar-refractivity contribution is 5.80. The molecule has 0 radical (unpaired) electrons. The minimum absolute atomic E-state index is 0.221. The summed E-state index contributed by atoms with van der Waals surface area (Å²) in [6.45, 7) is 3.64. The zero-order valence-corrected chi connectivity index (χ0v) is 18.4. The van der Waals surface area contributed by atoms with Crippen molar-refractivity contribution in [3.05, 3.63) is 48.6 Å². The van der Waals surface area contributed by atoms with Gasteiger partial charge in [0.2, 0.25) is 5.95 Å². The summed E-state index contributed by atoms with van der Waals surface area (Å²) >= 11 is 0. The summed E-state index contributed by atoms with van der Waals surface area (Å²) in [6, 6.07) is 4.73. The maximum atomic E-state index is 13.9. The SMILES string of the molecule is CC1CCC=NC=C1c1nc2cnc(-n3cnc4ccc(F)cc43)nc2n1C1CCOCC1. The molecule has 0 saturated carbocycles. The van der Waals surface area contributed by atoms with Crippen molar-refractivity contribution in [2.24, 2.45) is 10.9 Å². The molecule has 1 saturated heterocycles. The molecule has 0 N–H and O–H groups in total. The van der Waals surface area contributed by atoms with Gasteiger partial charge in [-0.15, -0.1) is 0 Å². The van der Waals surface area contributed by atoms with E-state index in [0.29, 0.717) is 36.1 Å². The van der Waals surface area contributed by atoms with E-state index in [9.17, 15) is 4.39 Å². The number of aliphatic imine (C=N–C) groups is 1. The molecule has 6 rings (SSSR count). The van der Waals surface area contributed by atoms with Gasteiger partial charge in [0, 0.05) is 43.3 Å². The highest BCUT2D eigenvalue weighted by atomic mass is 19.1. The molecule has 5 heterocycles. The van der Waals surface area contributed by atoms with Crippen LogP contribution in [0.4, 0.5) is 4.39 Å². The van der Waals surface area contributed by atoms with Crippen molar-refractivity contribution in [2.75, 3.05) is 13.2 Å². The minimum atomic E-state index is -0.324. The number of benzene rings is 1. The molecule has 2 aliphatic rings. The molecular weight excluding hydrogens is 421 g/mol. The molecule has 9 heteroatoms. The van der Waals surface area contributed by atoms with Crippen molar-refractivity contribution in [1.82, 2.24) is 29.1 Å². The highest BCUT2D eigenvalue weighted by Crippen LogP contribution is 2.35. The molecule has 1 aromatic carbocycles. The molecule has 1 atom stereocenters. The minimum Gasteiger partial charge on any atom is -0.381 e. The van der Waals surface area contributed by atoms with Gasteiger partial charge >= 0.3 is 0 Å². The maximum Gasteiger partial charge on any atom is 0.237 e. The van der Waals surface area contributed by atoms with Crippen LogP contribution in [-0.4, -0.2) is 48.5 Å². The van der Waals surface area contributed by atoms with Gasteiger partial charge in [-0.1, -0.05) is 6.92 Å². The van der Waals surface area contributed by atoms with Gasteiger partial charge in [-0.25, -0.2) is 19.3 Å². The second kappa shape index (κ2) is 8.15. The summed E-state index contributed by atoms with van der Waals surface area (Å²) in [7, 11) is 0. The van der Waals surface area contributed by atoms with Gasteiger partial charge in [-0.3, -0.25) is 9.56 Å². The Morgan fingerprint density at radius 2 is 1.94 bits per heavy atom. The topological polar surface area (TPSA) is 83.0 Å². The van der Waals surface area contributed by atoms with Crippen LogP contribution in [0.3, 0.4) is 0 Å². The molecule has 168 valence electrons. The van der Waals surface area contributed by atoms with Crippen LogP contribution >= 0.6 is 0 Å². The number of allylic oxidation sites excluding steroid dienone is 1. The average Bonchev–Trinajstić information content (AvgIpc) is 3.35. The molecule has 0 bridgehead atoms. The number of halogens is 1. The van der Waals surface area contributed by atoms with Gasteiger partial charge in [-0.2, -0.15) is 4.98 Å². The fourth-order valence-corrected chi connectivity index (χ4v) is 4.72. The first-order valence-electron chi connectivity index (χ1n) is 11.4. The van der Waals surface area contributed by atoms with E-state index in [-0.39, 0.29) is 11.9 Å². The summed E-state index contributed by atoms with van der Waals surface area (Å²) in [6.07, 6.45) is 11.0. The molecule has 33 heavy (non-hydrogen) atoms. The third-order valence-electron chi connectivity index (χ3n) is 6.54. The molecule has 1 fully saturated rings. The van der Waals surface area contributed by atoms with Crippen LogP contribution in [0.15, 0.2) is 41.9 Å². The third-order valence-corrected chi connectivity index (χ3v) is 6.54. The van der Waals surface area contributed by atoms with E-state index in [0.717, 1.165) is 48.2 Å². The predicted molar refractivity (Wildman–Crippen MR) is 124 cm³/mol. The Morgan fingerprint density at radius 1 is 1.06 bits per heavy atom. The Labute approximate surface area is 189 Å². The van der Waals surface area contributed by atoms with Crippen LogP contribution in [0.25, 0.3) is 33.7 Å². The quantitative estimate of drug-likeness (QED) is 0.464. The van der Waals surface area contributed by atoms with Crippen LogP contribution in [0.1, 0.15) is 44.5 Å². The van der Waals surface area contributed by atoms with Gasteiger partial charge in [-0.05, 0) is 43.7 Å². The Balaban J connectivity index is 1.55. The summed E-state index contributed by atoms with van der Waals surface area (Å²) < 4.78 is 23.5. The van der Waals surface area contributed by atoms with Crippen LogP contribution in [-0.2, 0) is 4.74 Å². The van der Waals surface area contributed by atoms with Crippen LogP contribution < -0.4 is 0 Å². The lowest BCUT2D eigenvalue weighted by atomic mass is 9.96. The summed E-state index contributed by atoms with van der Waals surface area (Å²) in [5.41, 5.74) is 3.93. The van der Waals surface area contributed by atoms with Gasteiger partial charge in [0.15, 0.2) is 5.65 Å². The van der Waals surface area contributed by atoms with Gasteiger partial charge < -0.3 is 9.30 Å².